The Hall–Kier alpha value is -0.570. The van der Waals surface area contributed by atoms with Crippen molar-refractivity contribution >= 4 is 5.91 Å². The van der Waals surface area contributed by atoms with Crippen molar-refractivity contribution in [3.63, 3.8) is 0 Å². The number of carbonyl (C=O) groups is 1. The molecule has 0 aromatic carbocycles. The third-order valence-electron chi connectivity index (χ3n) is 2.07. The number of amides is 1. The van der Waals surface area contributed by atoms with E-state index in [9.17, 15) is 4.79 Å². The Kier molecular flexibility index (Phi) is 6.59. The van der Waals surface area contributed by atoms with Gasteiger partial charge >= 0.3 is 0 Å². The van der Waals surface area contributed by atoms with Gasteiger partial charge in [-0.25, -0.2) is 0 Å². The van der Waals surface area contributed by atoms with Crippen LogP contribution in [0.3, 0.4) is 0 Å². The van der Waals surface area contributed by atoms with Crippen LogP contribution in [0.2, 0.25) is 0 Å². The van der Waals surface area contributed by atoms with E-state index in [4.69, 9.17) is 4.74 Å². The van der Waals surface area contributed by atoms with E-state index in [1.165, 1.54) is 0 Å². The molecule has 0 aliphatic carbocycles. The Morgan fingerprint density at radius 1 is 1.31 bits per heavy atom. The Labute approximate surface area is 81.1 Å². The first kappa shape index (κ1) is 12.4. The monoisotopic (exact) mass is 187 g/mol. The van der Waals surface area contributed by atoms with Gasteiger partial charge in [-0.3, -0.25) is 4.79 Å². The lowest BCUT2D eigenvalue weighted by Gasteiger charge is -2.22. The summed E-state index contributed by atoms with van der Waals surface area (Å²) in [4.78, 5) is 13.5. The summed E-state index contributed by atoms with van der Waals surface area (Å²) in [5.41, 5.74) is 0. The highest BCUT2D eigenvalue weighted by Crippen LogP contribution is 2.02. The molecule has 0 heterocycles. The van der Waals surface area contributed by atoms with Gasteiger partial charge in [0.25, 0.3) is 0 Å². The van der Waals surface area contributed by atoms with Crippen molar-refractivity contribution in [2.45, 2.75) is 27.7 Å². The Balaban J connectivity index is 3.92. The number of rotatable bonds is 6. The van der Waals surface area contributed by atoms with Gasteiger partial charge in [0.15, 0.2) is 0 Å². The normalized spacial score (nSPS) is 12.6. The van der Waals surface area contributed by atoms with Gasteiger partial charge in [-0.2, -0.15) is 0 Å². The van der Waals surface area contributed by atoms with Crippen LogP contribution >= 0.6 is 0 Å². The molecule has 0 aliphatic rings. The molecule has 0 spiro atoms. The van der Waals surface area contributed by atoms with E-state index in [1.54, 1.807) is 0 Å². The van der Waals surface area contributed by atoms with Gasteiger partial charge < -0.3 is 9.64 Å². The summed E-state index contributed by atoms with van der Waals surface area (Å²) < 4.78 is 5.21. The van der Waals surface area contributed by atoms with Crippen molar-refractivity contribution in [1.29, 1.82) is 0 Å². The smallest absolute Gasteiger partial charge is 0.227 e. The molecule has 0 aromatic rings. The fraction of sp³-hybridized carbons (Fsp3) is 0.900. The summed E-state index contributed by atoms with van der Waals surface area (Å²) in [6, 6.07) is 0. The van der Waals surface area contributed by atoms with Crippen LogP contribution in [0.5, 0.6) is 0 Å². The van der Waals surface area contributed by atoms with E-state index < -0.39 is 0 Å². The molecule has 78 valence electrons. The van der Waals surface area contributed by atoms with Gasteiger partial charge in [0.2, 0.25) is 5.91 Å². The molecule has 0 radical (unpaired) electrons. The summed E-state index contributed by atoms with van der Waals surface area (Å²) in [6.07, 6.45) is 0. The van der Waals surface area contributed by atoms with Crippen LogP contribution in [0.1, 0.15) is 27.7 Å². The predicted octanol–water partition coefficient (Wildman–Crippen LogP) is 1.53. The maximum absolute atomic E-state index is 11.7. The van der Waals surface area contributed by atoms with Crippen molar-refractivity contribution in [2.75, 3.05) is 26.3 Å². The molecule has 1 atom stereocenters. The van der Waals surface area contributed by atoms with Crippen molar-refractivity contribution in [3.8, 4) is 0 Å². The van der Waals surface area contributed by atoms with Crippen LogP contribution in [0, 0.1) is 5.92 Å². The molecule has 0 N–H and O–H groups in total. The fourth-order valence-corrected chi connectivity index (χ4v) is 1.21. The molecule has 0 saturated carbocycles. The first-order valence-corrected chi connectivity index (χ1v) is 5.03. The topological polar surface area (TPSA) is 29.5 Å². The third kappa shape index (κ3) is 4.27. The van der Waals surface area contributed by atoms with Crippen molar-refractivity contribution < 1.29 is 9.53 Å². The number of ether oxygens (including phenoxy) is 1. The average molecular weight is 187 g/mol. The minimum absolute atomic E-state index is 0.0140. The lowest BCUT2D eigenvalue weighted by molar-refractivity contribution is -0.136. The first-order valence-electron chi connectivity index (χ1n) is 5.03. The highest BCUT2D eigenvalue weighted by molar-refractivity contribution is 5.78. The molecule has 0 rings (SSSR count). The van der Waals surface area contributed by atoms with E-state index in [-0.39, 0.29) is 11.8 Å². The maximum Gasteiger partial charge on any atom is 0.227 e. The van der Waals surface area contributed by atoms with Crippen LogP contribution in [0.25, 0.3) is 0 Å². The second kappa shape index (κ2) is 6.89. The number of hydrogen-bond donors (Lipinski definition) is 0. The van der Waals surface area contributed by atoms with Gasteiger partial charge in [0.05, 0.1) is 12.5 Å². The minimum Gasteiger partial charge on any atom is -0.381 e. The number of hydrogen-bond acceptors (Lipinski definition) is 2. The fourth-order valence-electron chi connectivity index (χ4n) is 1.21. The Morgan fingerprint density at radius 2 is 1.85 bits per heavy atom. The molecule has 0 saturated heterocycles. The maximum atomic E-state index is 11.7. The standard InChI is InChI=1S/C10H21NO2/c1-5-11(6-2)10(12)9(4)8-13-7-3/h9H,5-8H2,1-4H3. The molecule has 3 heteroatoms. The molecule has 0 fully saturated rings. The molecule has 3 nitrogen and oxygen atoms in total. The second-order valence-corrected chi connectivity index (χ2v) is 3.07. The molecule has 1 amide bonds. The van der Waals surface area contributed by atoms with Gasteiger partial charge in [-0.1, -0.05) is 6.92 Å². The van der Waals surface area contributed by atoms with Crippen LogP contribution in [-0.2, 0) is 9.53 Å². The summed E-state index contributed by atoms with van der Waals surface area (Å²) in [5, 5.41) is 0. The molecule has 0 aliphatic heterocycles. The molecular weight excluding hydrogens is 166 g/mol. The quantitative estimate of drug-likeness (QED) is 0.631. The Bertz CT molecular complexity index is 144. The van der Waals surface area contributed by atoms with Crippen LogP contribution in [-0.4, -0.2) is 37.1 Å². The highest BCUT2D eigenvalue weighted by Gasteiger charge is 2.17. The summed E-state index contributed by atoms with van der Waals surface area (Å²) in [6.45, 7) is 10.6. The minimum atomic E-state index is -0.0140. The highest BCUT2D eigenvalue weighted by atomic mass is 16.5. The zero-order valence-corrected chi connectivity index (χ0v) is 9.17. The zero-order chi connectivity index (χ0) is 10.3. The molecular formula is C10H21NO2. The summed E-state index contributed by atoms with van der Waals surface area (Å²) in [5.74, 6) is 0.179. The molecule has 0 bridgehead atoms. The second-order valence-electron chi connectivity index (χ2n) is 3.07. The molecule has 1 unspecified atom stereocenters. The number of carbonyl (C=O) groups excluding carboxylic acids is 1. The SMILES string of the molecule is CCOCC(C)C(=O)N(CC)CC. The van der Waals surface area contributed by atoms with Crippen LogP contribution in [0.15, 0.2) is 0 Å². The van der Waals surface area contributed by atoms with E-state index in [2.05, 4.69) is 0 Å². The molecule has 0 aromatic heterocycles. The van der Waals surface area contributed by atoms with E-state index in [0.717, 1.165) is 13.1 Å². The summed E-state index contributed by atoms with van der Waals surface area (Å²) in [7, 11) is 0. The van der Waals surface area contributed by atoms with Crippen molar-refractivity contribution in [3.05, 3.63) is 0 Å². The largest absolute Gasteiger partial charge is 0.381 e. The van der Waals surface area contributed by atoms with E-state index in [0.29, 0.717) is 13.2 Å². The summed E-state index contributed by atoms with van der Waals surface area (Å²) >= 11 is 0. The van der Waals surface area contributed by atoms with E-state index in [1.807, 2.05) is 32.6 Å². The Morgan fingerprint density at radius 3 is 2.23 bits per heavy atom. The number of nitrogens with zero attached hydrogens (tertiary/aromatic N) is 1. The van der Waals surface area contributed by atoms with Crippen LogP contribution in [0.4, 0.5) is 0 Å². The van der Waals surface area contributed by atoms with Crippen molar-refractivity contribution in [2.24, 2.45) is 5.92 Å². The van der Waals surface area contributed by atoms with Gasteiger partial charge in [-0.05, 0) is 20.8 Å². The zero-order valence-electron chi connectivity index (χ0n) is 9.17. The molecule has 13 heavy (non-hydrogen) atoms. The first-order chi connectivity index (χ1) is 6.17. The van der Waals surface area contributed by atoms with Gasteiger partial charge in [0.1, 0.15) is 0 Å². The van der Waals surface area contributed by atoms with E-state index >= 15 is 0 Å². The predicted molar refractivity (Wildman–Crippen MR) is 53.6 cm³/mol. The third-order valence-corrected chi connectivity index (χ3v) is 2.07. The average Bonchev–Trinajstić information content (AvgIpc) is 2.15. The lowest BCUT2D eigenvalue weighted by Crippen LogP contribution is -2.36. The van der Waals surface area contributed by atoms with Gasteiger partial charge in [-0.15, -0.1) is 0 Å². The van der Waals surface area contributed by atoms with Crippen LogP contribution < -0.4 is 0 Å². The lowest BCUT2D eigenvalue weighted by atomic mass is 10.1. The van der Waals surface area contributed by atoms with Crippen molar-refractivity contribution in [1.82, 2.24) is 4.90 Å². The van der Waals surface area contributed by atoms with Gasteiger partial charge in [0, 0.05) is 19.7 Å².